The molecule has 0 saturated carbocycles. The van der Waals surface area contributed by atoms with E-state index in [9.17, 15) is 4.79 Å². The molecule has 0 aliphatic heterocycles. The van der Waals surface area contributed by atoms with Gasteiger partial charge in [0.2, 0.25) is 0 Å². The summed E-state index contributed by atoms with van der Waals surface area (Å²) in [5.41, 5.74) is 2.68. The highest BCUT2D eigenvalue weighted by molar-refractivity contribution is 5.94. The van der Waals surface area contributed by atoms with Gasteiger partial charge >= 0.3 is 0 Å². The molecule has 0 unspecified atom stereocenters. The van der Waals surface area contributed by atoms with Gasteiger partial charge in [0.25, 0.3) is 5.91 Å². The van der Waals surface area contributed by atoms with Crippen molar-refractivity contribution in [1.29, 1.82) is 5.26 Å². The second-order valence-corrected chi connectivity index (χ2v) is 5.01. The Morgan fingerprint density at radius 2 is 1.91 bits per heavy atom. The number of carbonyl (C=O) groups is 1. The minimum atomic E-state index is -0.247. The maximum atomic E-state index is 12.2. The average Bonchev–Trinajstić information content (AvgIpc) is 2.59. The van der Waals surface area contributed by atoms with E-state index in [0.717, 1.165) is 16.9 Å². The summed E-state index contributed by atoms with van der Waals surface area (Å²) in [6.45, 7) is 2.23. The zero-order valence-corrected chi connectivity index (χ0v) is 13.3. The van der Waals surface area contributed by atoms with Crippen molar-refractivity contribution in [2.24, 2.45) is 0 Å². The molecule has 0 aromatic heterocycles. The molecule has 2 aromatic carbocycles. The number of benzene rings is 2. The number of nitrogens with zero attached hydrogens (tertiary/aromatic N) is 1. The number of rotatable bonds is 5. The molecular formula is C18H18N2O3. The standard InChI is InChI=1S/C18H18N2O3/c1-12-7-17(23-3)15(9-16(12)22-2)11-20-18(21)14-6-4-5-13(8-14)10-19/h4-9H,11H2,1-3H3,(H,20,21). The molecule has 2 aromatic rings. The first kappa shape index (κ1) is 16.4. The van der Waals surface area contributed by atoms with Crippen LogP contribution < -0.4 is 14.8 Å². The number of amides is 1. The van der Waals surface area contributed by atoms with Crippen molar-refractivity contribution in [2.45, 2.75) is 13.5 Å². The van der Waals surface area contributed by atoms with Crippen molar-refractivity contribution in [3.05, 3.63) is 58.7 Å². The Labute approximate surface area is 135 Å². The molecule has 2 rings (SSSR count). The third-order valence-corrected chi connectivity index (χ3v) is 3.49. The van der Waals surface area contributed by atoms with Crippen LogP contribution in [0.1, 0.15) is 27.0 Å². The number of nitrogens with one attached hydrogen (secondary N) is 1. The fourth-order valence-corrected chi connectivity index (χ4v) is 2.26. The van der Waals surface area contributed by atoms with E-state index in [0.29, 0.717) is 23.4 Å². The number of hydrogen-bond donors (Lipinski definition) is 1. The van der Waals surface area contributed by atoms with E-state index in [1.807, 2.05) is 25.1 Å². The van der Waals surface area contributed by atoms with E-state index in [1.165, 1.54) is 0 Å². The van der Waals surface area contributed by atoms with Crippen molar-refractivity contribution >= 4 is 5.91 Å². The number of carbonyl (C=O) groups excluding carboxylic acids is 1. The zero-order chi connectivity index (χ0) is 16.8. The van der Waals surface area contributed by atoms with Crippen LogP contribution in [0.2, 0.25) is 0 Å². The van der Waals surface area contributed by atoms with Gasteiger partial charge in [-0.15, -0.1) is 0 Å². The van der Waals surface area contributed by atoms with Crippen molar-refractivity contribution in [1.82, 2.24) is 5.32 Å². The molecule has 5 heteroatoms. The topological polar surface area (TPSA) is 71.3 Å². The minimum Gasteiger partial charge on any atom is -0.496 e. The highest BCUT2D eigenvalue weighted by atomic mass is 16.5. The van der Waals surface area contributed by atoms with Crippen LogP contribution in [0.25, 0.3) is 0 Å². The van der Waals surface area contributed by atoms with Gasteiger partial charge in [0.15, 0.2) is 0 Å². The summed E-state index contributed by atoms with van der Waals surface area (Å²) in [5, 5.41) is 11.7. The highest BCUT2D eigenvalue weighted by Gasteiger charge is 2.11. The molecular weight excluding hydrogens is 292 g/mol. The molecule has 0 fully saturated rings. The first-order chi connectivity index (χ1) is 11.1. The maximum Gasteiger partial charge on any atom is 0.251 e. The minimum absolute atomic E-state index is 0.247. The molecule has 0 saturated heterocycles. The van der Waals surface area contributed by atoms with Crippen LogP contribution in [0.4, 0.5) is 0 Å². The summed E-state index contributed by atoms with van der Waals surface area (Å²) in [7, 11) is 3.19. The van der Waals surface area contributed by atoms with Crippen LogP contribution >= 0.6 is 0 Å². The van der Waals surface area contributed by atoms with Gasteiger partial charge in [0.05, 0.1) is 25.9 Å². The van der Waals surface area contributed by atoms with Gasteiger partial charge in [-0.3, -0.25) is 4.79 Å². The fraction of sp³-hybridized carbons (Fsp3) is 0.222. The second-order valence-electron chi connectivity index (χ2n) is 5.01. The monoisotopic (exact) mass is 310 g/mol. The molecule has 0 atom stereocenters. The number of ether oxygens (including phenoxy) is 2. The first-order valence-electron chi connectivity index (χ1n) is 7.09. The number of methoxy groups -OCH3 is 2. The first-order valence-corrected chi connectivity index (χ1v) is 7.09. The molecule has 0 aliphatic carbocycles. The van der Waals surface area contributed by atoms with Crippen LogP contribution in [0.15, 0.2) is 36.4 Å². The van der Waals surface area contributed by atoms with E-state index in [1.54, 1.807) is 38.5 Å². The summed E-state index contributed by atoms with van der Waals surface area (Å²) in [5.74, 6) is 1.18. The van der Waals surface area contributed by atoms with Crippen LogP contribution in [0.3, 0.4) is 0 Å². The molecule has 23 heavy (non-hydrogen) atoms. The Morgan fingerprint density at radius 1 is 1.17 bits per heavy atom. The maximum absolute atomic E-state index is 12.2. The lowest BCUT2D eigenvalue weighted by Gasteiger charge is -2.13. The van der Waals surface area contributed by atoms with Crippen LogP contribution in [0.5, 0.6) is 11.5 Å². The van der Waals surface area contributed by atoms with Crippen LogP contribution in [-0.2, 0) is 6.54 Å². The van der Waals surface area contributed by atoms with Gasteiger partial charge in [-0.05, 0) is 42.8 Å². The van der Waals surface area contributed by atoms with Gasteiger partial charge in [-0.2, -0.15) is 5.26 Å². The Kier molecular flexibility index (Phi) is 5.21. The molecule has 0 aliphatic rings. The third-order valence-electron chi connectivity index (χ3n) is 3.49. The average molecular weight is 310 g/mol. The second kappa shape index (κ2) is 7.32. The summed E-state index contributed by atoms with van der Waals surface area (Å²) < 4.78 is 10.7. The van der Waals surface area contributed by atoms with Crippen molar-refractivity contribution in [3.8, 4) is 17.6 Å². The summed E-state index contributed by atoms with van der Waals surface area (Å²) in [4.78, 5) is 12.2. The van der Waals surface area contributed by atoms with Crippen LogP contribution in [-0.4, -0.2) is 20.1 Å². The fourth-order valence-electron chi connectivity index (χ4n) is 2.26. The lowest BCUT2D eigenvalue weighted by molar-refractivity contribution is 0.0950. The van der Waals surface area contributed by atoms with Gasteiger partial charge in [0, 0.05) is 17.7 Å². The largest absolute Gasteiger partial charge is 0.496 e. The van der Waals surface area contributed by atoms with Crippen molar-refractivity contribution in [3.63, 3.8) is 0 Å². The zero-order valence-electron chi connectivity index (χ0n) is 13.3. The molecule has 1 amide bonds. The van der Waals surface area contributed by atoms with Crippen molar-refractivity contribution in [2.75, 3.05) is 14.2 Å². The third kappa shape index (κ3) is 3.80. The summed E-state index contributed by atoms with van der Waals surface area (Å²) >= 11 is 0. The summed E-state index contributed by atoms with van der Waals surface area (Å²) in [6, 6.07) is 12.3. The van der Waals surface area contributed by atoms with Crippen LogP contribution in [0, 0.1) is 18.3 Å². The summed E-state index contributed by atoms with van der Waals surface area (Å²) in [6.07, 6.45) is 0. The SMILES string of the molecule is COc1cc(CNC(=O)c2cccc(C#N)c2)c(OC)cc1C. The van der Waals surface area contributed by atoms with Gasteiger partial charge < -0.3 is 14.8 Å². The van der Waals surface area contributed by atoms with E-state index >= 15 is 0 Å². The number of hydrogen-bond acceptors (Lipinski definition) is 4. The molecule has 0 heterocycles. The van der Waals surface area contributed by atoms with E-state index in [2.05, 4.69) is 5.32 Å². The quantitative estimate of drug-likeness (QED) is 0.922. The molecule has 118 valence electrons. The predicted molar refractivity (Wildman–Crippen MR) is 86.6 cm³/mol. The number of aryl methyl sites for hydroxylation is 1. The van der Waals surface area contributed by atoms with Crippen molar-refractivity contribution < 1.29 is 14.3 Å². The van der Waals surface area contributed by atoms with Gasteiger partial charge in [-0.1, -0.05) is 6.07 Å². The molecule has 0 spiro atoms. The Bertz CT molecular complexity index is 763. The highest BCUT2D eigenvalue weighted by Crippen LogP contribution is 2.28. The Morgan fingerprint density at radius 3 is 2.57 bits per heavy atom. The van der Waals surface area contributed by atoms with E-state index in [4.69, 9.17) is 14.7 Å². The number of nitriles is 1. The smallest absolute Gasteiger partial charge is 0.251 e. The van der Waals surface area contributed by atoms with E-state index < -0.39 is 0 Å². The molecule has 0 radical (unpaired) electrons. The van der Waals surface area contributed by atoms with Gasteiger partial charge in [-0.25, -0.2) is 0 Å². The molecule has 1 N–H and O–H groups in total. The lowest BCUT2D eigenvalue weighted by atomic mass is 10.1. The Hall–Kier alpha value is -3.00. The van der Waals surface area contributed by atoms with E-state index in [-0.39, 0.29) is 5.91 Å². The Balaban J connectivity index is 2.16. The molecule has 5 nitrogen and oxygen atoms in total. The lowest BCUT2D eigenvalue weighted by Crippen LogP contribution is -2.23. The normalized spacial score (nSPS) is 9.83. The van der Waals surface area contributed by atoms with Gasteiger partial charge in [0.1, 0.15) is 11.5 Å². The molecule has 0 bridgehead atoms. The predicted octanol–water partition coefficient (Wildman–Crippen LogP) is 2.81.